The molecule has 0 fully saturated rings. The van der Waals surface area contributed by atoms with Gasteiger partial charge in [-0.1, -0.05) is 29.8 Å². The van der Waals surface area contributed by atoms with Gasteiger partial charge in [0.2, 0.25) is 11.8 Å². The van der Waals surface area contributed by atoms with Crippen molar-refractivity contribution in [3.63, 3.8) is 0 Å². The van der Waals surface area contributed by atoms with E-state index in [1.54, 1.807) is 6.92 Å². The number of nitrogens with one attached hydrogen (secondary N) is 1. The van der Waals surface area contributed by atoms with Crippen molar-refractivity contribution in [2.24, 2.45) is 0 Å². The van der Waals surface area contributed by atoms with Gasteiger partial charge in [-0.15, -0.1) is 0 Å². The number of rotatable bonds is 7. The highest BCUT2D eigenvalue weighted by Crippen LogP contribution is 2.34. The van der Waals surface area contributed by atoms with Crippen LogP contribution in [0.4, 0.5) is 24.5 Å². The molecule has 0 atom stereocenters. The number of nitro groups is 1. The second-order valence-electron chi connectivity index (χ2n) is 6.25. The summed E-state index contributed by atoms with van der Waals surface area (Å²) in [7, 11) is 0. The topological polar surface area (TPSA) is 92.6 Å². The lowest BCUT2D eigenvalue weighted by Crippen LogP contribution is -2.37. The van der Waals surface area contributed by atoms with Gasteiger partial charge >= 0.3 is 6.18 Å². The van der Waals surface area contributed by atoms with E-state index in [0.29, 0.717) is 5.56 Å². The molecule has 0 spiro atoms. The Morgan fingerprint density at radius 2 is 1.90 bits per heavy atom. The normalized spacial score (nSPS) is 11.4. The molecular weight excluding hydrogens is 439 g/mol. The molecule has 11 heteroatoms. The molecule has 0 aliphatic carbocycles. The van der Waals surface area contributed by atoms with Crippen LogP contribution in [-0.2, 0) is 15.8 Å². The summed E-state index contributed by atoms with van der Waals surface area (Å²) < 4.78 is 39.1. The maximum absolute atomic E-state index is 13.0. The van der Waals surface area contributed by atoms with Gasteiger partial charge in [0.1, 0.15) is 11.6 Å². The predicted molar refractivity (Wildman–Crippen MR) is 109 cm³/mol. The number of para-hydroxylation sites is 1. The molecule has 0 unspecified atom stereocenters. The summed E-state index contributed by atoms with van der Waals surface area (Å²) in [6.45, 7) is 1.22. The van der Waals surface area contributed by atoms with Crippen LogP contribution in [0.15, 0.2) is 48.5 Å². The van der Waals surface area contributed by atoms with Crippen LogP contribution in [0.2, 0.25) is 5.02 Å². The lowest BCUT2D eigenvalue weighted by Gasteiger charge is -2.19. The van der Waals surface area contributed by atoms with Gasteiger partial charge in [0.25, 0.3) is 5.69 Å². The van der Waals surface area contributed by atoms with Crippen LogP contribution >= 0.6 is 11.6 Å². The highest BCUT2D eigenvalue weighted by atomic mass is 35.5. The maximum atomic E-state index is 13.0. The molecule has 7 nitrogen and oxygen atoms in total. The largest absolute Gasteiger partial charge is 0.418 e. The van der Waals surface area contributed by atoms with Crippen molar-refractivity contribution in [1.29, 1.82) is 0 Å². The molecule has 2 aromatic rings. The van der Waals surface area contributed by atoms with Crippen molar-refractivity contribution in [2.75, 3.05) is 18.4 Å². The summed E-state index contributed by atoms with van der Waals surface area (Å²) in [5, 5.41) is 13.0. The fourth-order valence-electron chi connectivity index (χ4n) is 2.59. The SMILES string of the molecule is CCN(CC(=O)Nc1ccccc1C(F)(F)F)C(=O)/C=C/c1ccc(Cl)c([N+](=O)[O-])c1. The third kappa shape index (κ3) is 6.54. The summed E-state index contributed by atoms with van der Waals surface area (Å²) in [4.78, 5) is 35.9. The van der Waals surface area contributed by atoms with Gasteiger partial charge in [0, 0.05) is 18.7 Å². The first kappa shape index (κ1) is 23.9. The average molecular weight is 456 g/mol. The number of nitro benzene ring substituents is 1. The number of halogens is 4. The number of benzene rings is 2. The number of anilines is 1. The van der Waals surface area contributed by atoms with Gasteiger partial charge < -0.3 is 10.2 Å². The van der Waals surface area contributed by atoms with Crippen molar-refractivity contribution in [3.05, 3.63) is 74.8 Å². The smallest absolute Gasteiger partial charge is 0.330 e. The third-order valence-electron chi connectivity index (χ3n) is 4.12. The molecule has 2 aromatic carbocycles. The molecule has 1 N–H and O–H groups in total. The number of carbonyl (C=O) groups excluding carboxylic acids is 2. The molecule has 0 bridgehead atoms. The zero-order valence-corrected chi connectivity index (χ0v) is 16.9. The molecule has 2 amide bonds. The predicted octanol–water partition coefficient (Wildman–Crippen LogP) is 4.77. The first-order valence-electron chi connectivity index (χ1n) is 8.90. The van der Waals surface area contributed by atoms with E-state index >= 15 is 0 Å². The van der Waals surface area contributed by atoms with Crippen molar-refractivity contribution < 1.29 is 27.7 Å². The molecular formula is C20H17ClF3N3O4. The van der Waals surface area contributed by atoms with Gasteiger partial charge in [-0.25, -0.2) is 0 Å². The van der Waals surface area contributed by atoms with E-state index in [1.807, 2.05) is 0 Å². The van der Waals surface area contributed by atoms with Gasteiger partial charge in [0.05, 0.1) is 16.2 Å². The summed E-state index contributed by atoms with van der Waals surface area (Å²) in [6.07, 6.45) is -2.23. The van der Waals surface area contributed by atoms with Gasteiger partial charge in [-0.05, 0) is 36.8 Å². The molecule has 2 rings (SSSR count). The van der Waals surface area contributed by atoms with Crippen LogP contribution in [0.3, 0.4) is 0 Å². The molecule has 0 radical (unpaired) electrons. The molecule has 0 saturated carbocycles. The molecule has 0 saturated heterocycles. The summed E-state index contributed by atoms with van der Waals surface area (Å²) in [5.74, 6) is -1.40. The van der Waals surface area contributed by atoms with Gasteiger partial charge in [-0.3, -0.25) is 19.7 Å². The fourth-order valence-corrected chi connectivity index (χ4v) is 2.78. The molecule has 0 aliphatic heterocycles. The third-order valence-corrected chi connectivity index (χ3v) is 4.44. The summed E-state index contributed by atoms with van der Waals surface area (Å²) in [6, 6.07) is 8.47. The van der Waals surface area contributed by atoms with Crippen LogP contribution in [0.1, 0.15) is 18.1 Å². The second-order valence-corrected chi connectivity index (χ2v) is 6.65. The Labute approximate surface area is 180 Å². The minimum absolute atomic E-state index is 0.0560. The molecule has 0 aromatic heterocycles. The molecule has 0 heterocycles. The molecule has 31 heavy (non-hydrogen) atoms. The van der Waals surface area contributed by atoms with E-state index in [2.05, 4.69) is 5.32 Å². The average Bonchev–Trinajstić information content (AvgIpc) is 2.70. The van der Waals surface area contributed by atoms with E-state index in [-0.39, 0.29) is 17.3 Å². The van der Waals surface area contributed by atoms with E-state index in [4.69, 9.17) is 11.6 Å². The number of alkyl halides is 3. The zero-order chi connectivity index (χ0) is 23.2. The Bertz CT molecular complexity index is 1020. The van der Waals surface area contributed by atoms with Gasteiger partial charge in [-0.2, -0.15) is 13.2 Å². The number of likely N-dealkylation sites (N-methyl/N-ethyl adjacent to an activating group) is 1. The van der Waals surface area contributed by atoms with E-state index in [0.717, 1.165) is 23.1 Å². The minimum Gasteiger partial charge on any atom is -0.330 e. The second kappa shape index (κ2) is 10.1. The highest BCUT2D eigenvalue weighted by molar-refractivity contribution is 6.32. The Balaban J connectivity index is 2.09. The summed E-state index contributed by atoms with van der Waals surface area (Å²) >= 11 is 5.73. The number of hydrogen-bond acceptors (Lipinski definition) is 4. The Morgan fingerprint density at radius 1 is 1.23 bits per heavy atom. The Kier molecular flexibility index (Phi) is 7.76. The number of amides is 2. The lowest BCUT2D eigenvalue weighted by molar-refractivity contribution is -0.384. The quantitative estimate of drug-likeness (QED) is 0.370. The molecule has 164 valence electrons. The Hall–Kier alpha value is -3.40. The van der Waals surface area contributed by atoms with Crippen molar-refractivity contribution in [3.8, 4) is 0 Å². The van der Waals surface area contributed by atoms with Crippen LogP contribution < -0.4 is 5.32 Å². The van der Waals surface area contributed by atoms with E-state index < -0.39 is 40.7 Å². The van der Waals surface area contributed by atoms with Crippen molar-refractivity contribution >= 4 is 40.9 Å². The summed E-state index contributed by atoms with van der Waals surface area (Å²) in [5.41, 5.74) is -1.40. The highest BCUT2D eigenvalue weighted by Gasteiger charge is 2.33. The fraction of sp³-hybridized carbons (Fsp3) is 0.200. The number of carbonyl (C=O) groups is 2. The van der Waals surface area contributed by atoms with Crippen LogP contribution in [0.5, 0.6) is 0 Å². The van der Waals surface area contributed by atoms with Crippen LogP contribution in [-0.4, -0.2) is 34.7 Å². The minimum atomic E-state index is -4.64. The van der Waals surface area contributed by atoms with Crippen LogP contribution in [0.25, 0.3) is 6.08 Å². The monoisotopic (exact) mass is 455 g/mol. The first-order chi connectivity index (χ1) is 14.5. The Morgan fingerprint density at radius 3 is 2.52 bits per heavy atom. The van der Waals surface area contributed by atoms with E-state index in [1.165, 1.54) is 36.4 Å². The molecule has 0 aliphatic rings. The van der Waals surface area contributed by atoms with Crippen molar-refractivity contribution in [1.82, 2.24) is 4.90 Å². The van der Waals surface area contributed by atoms with Crippen LogP contribution in [0, 0.1) is 10.1 Å². The number of nitrogens with zero attached hydrogens (tertiary/aromatic N) is 2. The first-order valence-corrected chi connectivity index (χ1v) is 9.27. The number of hydrogen-bond donors (Lipinski definition) is 1. The standard InChI is InChI=1S/C20H17ClF3N3O4/c1-2-26(12-18(28)25-16-6-4-3-5-14(16)20(22,23)24)19(29)10-8-13-7-9-15(21)17(11-13)27(30)31/h3-11H,2,12H2,1H3,(H,25,28)/b10-8+. The van der Waals surface area contributed by atoms with Gasteiger partial charge in [0.15, 0.2) is 0 Å². The maximum Gasteiger partial charge on any atom is 0.418 e. The van der Waals surface area contributed by atoms with E-state index in [9.17, 15) is 32.9 Å². The zero-order valence-electron chi connectivity index (χ0n) is 16.1. The van der Waals surface area contributed by atoms with Crippen molar-refractivity contribution in [2.45, 2.75) is 13.1 Å². The lowest BCUT2D eigenvalue weighted by atomic mass is 10.1.